The number of carbonyl (C=O) groups excluding carboxylic acids is 1. The molecule has 0 heterocycles. The maximum Gasteiger partial charge on any atom is 0.249 e. The largest absolute Gasteiger partial charge is 0.280 e. The van der Waals surface area contributed by atoms with Gasteiger partial charge in [0.1, 0.15) is 0 Å². The van der Waals surface area contributed by atoms with E-state index in [1.54, 1.807) is 0 Å². The van der Waals surface area contributed by atoms with Crippen molar-refractivity contribution in [3.63, 3.8) is 0 Å². The minimum atomic E-state index is -5.13. The summed E-state index contributed by atoms with van der Waals surface area (Å²) in [6.07, 6.45) is 0. The van der Waals surface area contributed by atoms with Crippen LogP contribution in [0, 0.1) is 29.1 Å². The second kappa shape index (κ2) is 5.62. The number of sulfonamides is 1. The van der Waals surface area contributed by atoms with Crippen LogP contribution in [0.4, 0.5) is 22.0 Å². The third-order valence-electron chi connectivity index (χ3n) is 2.18. The Labute approximate surface area is 114 Å². The van der Waals surface area contributed by atoms with Crippen molar-refractivity contribution in [1.29, 1.82) is 0 Å². The van der Waals surface area contributed by atoms with Gasteiger partial charge in [0.2, 0.25) is 21.1 Å². The van der Waals surface area contributed by atoms with Crippen molar-refractivity contribution in [2.24, 2.45) is 0 Å². The maximum absolute atomic E-state index is 13.4. The summed E-state index contributed by atoms with van der Waals surface area (Å²) < 4.78 is 88.8. The molecule has 11 heteroatoms. The molecule has 112 valence electrons. The molecule has 1 aromatic rings. The average molecular weight is 338 g/mol. The fourth-order valence-corrected chi connectivity index (χ4v) is 2.71. The summed E-state index contributed by atoms with van der Waals surface area (Å²) in [5.74, 6) is -12.3. The molecule has 0 radical (unpaired) electrons. The van der Waals surface area contributed by atoms with Gasteiger partial charge in [-0.15, -0.1) is 0 Å². The molecule has 20 heavy (non-hydrogen) atoms. The predicted octanol–water partition coefficient (Wildman–Crippen LogP) is 1.77. The summed E-state index contributed by atoms with van der Waals surface area (Å²) >= 11 is 4.89. The van der Waals surface area contributed by atoms with Crippen LogP contribution < -0.4 is 0 Å². The molecular formula is C9H5ClF5NO3S. The lowest BCUT2D eigenvalue weighted by molar-refractivity contribution is -0.111. The molecule has 0 atom stereocenters. The third kappa shape index (κ3) is 2.76. The van der Waals surface area contributed by atoms with E-state index in [9.17, 15) is 35.2 Å². The number of halogens is 6. The lowest BCUT2D eigenvalue weighted by Gasteiger charge is -2.16. The zero-order valence-corrected chi connectivity index (χ0v) is 11.1. The lowest BCUT2D eigenvalue weighted by Crippen LogP contribution is -2.32. The van der Waals surface area contributed by atoms with Gasteiger partial charge in [-0.05, 0) is 11.6 Å². The van der Waals surface area contributed by atoms with Gasteiger partial charge in [0.25, 0.3) is 0 Å². The lowest BCUT2D eigenvalue weighted by atomic mass is 10.3. The van der Waals surface area contributed by atoms with Crippen LogP contribution in [0.25, 0.3) is 0 Å². The van der Waals surface area contributed by atoms with Crippen LogP contribution in [-0.2, 0) is 14.8 Å². The Hall–Kier alpha value is -1.26. The molecule has 1 aromatic carbocycles. The van der Waals surface area contributed by atoms with Gasteiger partial charge in [-0.1, -0.05) is 0 Å². The van der Waals surface area contributed by atoms with Crippen LogP contribution in [0.5, 0.6) is 0 Å². The van der Waals surface area contributed by atoms with Crippen LogP contribution in [-0.4, -0.2) is 31.6 Å². The zero-order chi connectivity index (χ0) is 15.8. The SMILES string of the molecule is CN(CC(=O)Cl)S(=O)(=O)c1c(F)c(F)c(F)c(F)c1F. The molecular weight excluding hydrogens is 333 g/mol. The van der Waals surface area contributed by atoms with Crippen LogP contribution >= 0.6 is 11.6 Å². The van der Waals surface area contributed by atoms with Gasteiger partial charge >= 0.3 is 0 Å². The Bertz CT molecular complexity index is 650. The molecule has 4 nitrogen and oxygen atoms in total. The van der Waals surface area contributed by atoms with Gasteiger partial charge in [0.05, 0.1) is 6.54 Å². The summed E-state index contributed by atoms with van der Waals surface area (Å²) in [5, 5.41) is -1.21. The van der Waals surface area contributed by atoms with Gasteiger partial charge in [0, 0.05) is 7.05 Å². The summed E-state index contributed by atoms with van der Waals surface area (Å²) in [5.41, 5.74) is 0. The fourth-order valence-electron chi connectivity index (χ4n) is 1.23. The van der Waals surface area contributed by atoms with Crippen LogP contribution in [0.1, 0.15) is 0 Å². The van der Waals surface area contributed by atoms with Crippen molar-refractivity contribution >= 4 is 26.9 Å². The number of carbonyl (C=O) groups is 1. The van der Waals surface area contributed by atoms with Crippen molar-refractivity contribution in [1.82, 2.24) is 4.31 Å². The highest BCUT2D eigenvalue weighted by Crippen LogP contribution is 2.28. The van der Waals surface area contributed by atoms with E-state index in [-0.39, 0.29) is 4.31 Å². The Morgan fingerprint density at radius 2 is 1.35 bits per heavy atom. The highest BCUT2D eigenvalue weighted by Gasteiger charge is 2.36. The summed E-state index contributed by atoms with van der Waals surface area (Å²) in [4.78, 5) is 8.51. The van der Waals surface area contributed by atoms with Gasteiger partial charge < -0.3 is 0 Å². The number of hydrogen-bond acceptors (Lipinski definition) is 3. The standard InChI is InChI=1S/C9H5ClF5NO3S/c1-16(2-3(10)17)20(18,19)9-7(14)5(12)4(11)6(13)8(9)15/h2H2,1H3. The first kappa shape index (κ1) is 16.8. The van der Waals surface area contributed by atoms with E-state index in [4.69, 9.17) is 11.6 Å². The second-order valence-corrected chi connectivity index (χ2v) is 5.92. The molecule has 0 fully saturated rings. The third-order valence-corrected chi connectivity index (χ3v) is 4.13. The van der Waals surface area contributed by atoms with Gasteiger partial charge in [-0.25, -0.2) is 30.4 Å². The number of benzene rings is 1. The van der Waals surface area contributed by atoms with E-state index < -0.39 is 55.8 Å². The van der Waals surface area contributed by atoms with E-state index in [1.807, 2.05) is 0 Å². The van der Waals surface area contributed by atoms with Crippen LogP contribution in [0.15, 0.2) is 4.90 Å². The van der Waals surface area contributed by atoms with E-state index in [2.05, 4.69) is 0 Å². The topological polar surface area (TPSA) is 54.5 Å². The molecule has 0 saturated carbocycles. The molecule has 0 N–H and O–H groups in total. The molecule has 0 aliphatic rings. The normalized spacial score (nSPS) is 12.0. The molecule has 0 bridgehead atoms. The van der Waals surface area contributed by atoms with E-state index in [0.717, 1.165) is 0 Å². The first-order chi connectivity index (χ1) is 9.01. The quantitative estimate of drug-likeness (QED) is 0.364. The molecule has 0 amide bonds. The Morgan fingerprint density at radius 1 is 1.00 bits per heavy atom. The highest BCUT2D eigenvalue weighted by atomic mass is 35.5. The number of hydrogen-bond donors (Lipinski definition) is 0. The zero-order valence-electron chi connectivity index (χ0n) is 9.56. The van der Waals surface area contributed by atoms with Crippen molar-refractivity contribution in [3.05, 3.63) is 29.1 Å². The summed E-state index contributed by atoms with van der Waals surface area (Å²) in [6, 6.07) is 0. The highest BCUT2D eigenvalue weighted by molar-refractivity contribution is 7.89. The Balaban J connectivity index is 3.59. The fraction of sp³-hybridized carbons (Fsp3) is 0.222. The molecule has 0 saturated heterocycles. The van der Waals surface area contributed by atoms with E-state index in [0.29, 0.717) is 7.05 Å². The molecule has 0 aliphatic carbocycles. The molecule has 0 aliphatic heterocycles. The van der Waals surface area contributed by atoms with E-state index >= 15 is 0 Å². The average Bonchev–Trinajstić information content (AvgIpc) is 2.33. The van der Waals surface area contributed by atoms with Gasteiger partial charge in [-0.3, -0.25) is 4.79 Å². The number of likely N-dealkylation sites (N-methyl/N-ethyl adjacent to an activating group) is 1. The molecule has 0 spiro atoms. The van der Waals surface area contributed by atoms with Crippen LogP contribution in [0.3, 0.4) is 0 Å². The molecule has 0 aromatic heterocycles. The minimum Gasteiger partial charge on any atom is -0.280 e. The predicted molar refractivity (Wildman–Crippen MR) is 56.9 cm³/mol. The van der Waals surface area contributed by atoms with Crippen molar-refractivity contribution < 1.29 is 35.2 Å². The molecule has 1 rings (SSSR count). The second-order valence-electron chi connectivity index (χ2n) is 3.52. The minimum absolute atomic E-state index is 0.0562. The summed E-state index contributed by atoms with van der Waals surface area (Å²) in [7, 11) is -4.44. The van der Waals surface area contributed by atoms with Gasteiger partial charge in [0.15, 0.2) is 28.2 Å². The number of nitrogens with zero attached hydrogens (tertiary/aromatic N) is 1. The summed E-state index contributed by atoms with van der Waals surface area (Å²) in [6.45, 7) is -1.01. The van der Waals surface area contributed by atoms with Crippen molar-refractivity contribution in [2.45, 2.75) is 4.90 Å². The Morgan fingerprint density at radius 3 is 1.70 bits per heavy atom. The smallest absolute Gasteiger partial charge is 0.249 e. The van der Waals surface area contributed by atoms with Crippen molar-refractivity contribution in [2.75, 3.05) is 13.6 Å². The van der Waals surface area contributed by atoms with Crippen molar-refractivity contribution in [3.8, 4) is 0 Å². The number of rotatable bonds is 4. The first-order valence-corrected chi connectivity index (χ1v) is 6.49. The first-order valence-electron chi connectivity index (χ1n) is 4.68. The van der Waals surface area contributed by atoms with Gasteiger partial charge in [-0.2, -0.15) is 4.31 Å². The molecule has 0 unspecified atom stereocenters. The monoisotopic (exact) mass is 337 g/mol. The maximum atomic E-state index is 13.4. The Kier molecular flexibility index (Phi) is 4.72. The van der Waals surface area contributed by atoms with Crippen LogP contribution in [0.2, 0.25) is 0 Å². The van der Waals surface area contributed by atoms with E-state index in [1.165, 1.54) is 0 Å².